The molecule has 0 amide bonds. The van der Waals surface area contributed by atoms with Gasteiger partial charge in [-0.1, -0.05) is 30.7 Å². The third-order valence-electron chi connectivity index (χ3n) is 8.18. The number of aromatic nitrogens is 3. The Balaban J connectivity index is 1.32. The van der Waals surface area contributed by atoms with Crippen LogP contribution in [0.1, 0.15) is 40.3 Å². The van der Waals surface area contributed by atoms with Crippen molar-refractivity contribution < 1.29 is 37.3 Å². The number of aromatic carboxylic acids is 1. The van der Waals surface area contributed by atoms with Crippen LogP contribution < -0.4 is 4.74 Å². The molecule has 3 heterocycles. The third-order valence-corrected chi connectivity index (χ3v) is 8.42. The lowest BCUT2D eigenvalue weighted by atomic mass is 9.85. The van der Waals surface area contributed by atoms with Crippen molar-refractivity contribution in [3.8, 4) is 17.1 Å². The maximum Gasteiger partial charge on any atom is 0.335 e. The fraction of sp³-hybridized carbons (Fsp3) is 0.265. The lowest BCUT2D eigenvalue weighted by molar-refractivity contribution is 0.0614. The predicted molar refractivity (Wildman–Crippen MR) is 165 cm³/mol. The van der Waals surface area contributed by atoms with E-state index in [1.54, 1.807) is 19.2 Å². The summed E-state index contributed by atoms with van der Waals surface area (Å²) in [5.41, 5.74) is 1.01. The molecule has 3 aromatic carbocycles. The van der Waals surface area contributed by atoms with Gasteiger partial charge in [0.1, 0.15) is 29.9 Å². The van der Waals surface area contributed by atoms with Gasteiger partial charge in [-0.3, -0.25) is 0 Å². The molecule has 2 atom stereocenters. The van der Waals surface area contributed by atoms with Gasteiger partial charge < -0.3 is 23.9 Å². The summed E-state index contributed by atoms with van der Waals surface area (Å²) in [6, 6.07) is 15.3. The highest BCUT2D eigenvalue weighted by atomic mass is 35.5. The molecule has 1 unspecified atom stereocenters. The average Bonchev–Trinajstić information content (AvgIpc) is 3.57. The summed E-state index contributed by atoms with van der Waals surface area (Å²) >= 11 is 5.81. The summed E-state index contributed by atoms with van der Waals surface area (Å²) in [7, 11) is 1.59. The highest BCUT2D eigenvalue weighted by Gasteiger charge is 2.43. The molecule has 1 aliphatic heterocycles. The Morgan fingerprint density at radius 1 is 1.04 bits per heavy atom. The van der Waals surface area contributed by atoms with Gasteiger partial charge in [-0.2, -0.15) is 0 Å². The number of carboxylic acids is 1. The minimum absolute atomic E-state index is 0.0502. The van der Waals surface area contributed by atoms with Crippen molar-refractivity contribution in [2.45, 2.75) is 26.0 Å². The number of imidazole rings is 1. The Kier molecular flexibility index (Phi) is 8.73. The summed E-state index contributed by atoms with van der Waals surface area (Å²) in [6.45, 7) is 2.92. The van der Waals surface area contributed by atoms with E-state index in [2.05, 4.69) is 4.98 Å². The number of rotatable bonds is 10. The van der Waals surface area contributed by atoms with Gasteiger partial charge in [0.05, 0.1) is 48.2 Å². The van der Waals surface area contributed by atoms with Crippen molar-refractivity contribution in [2.75, 3.05) is 26.9 Å². The van der Waals surface area contributed by atoms with Crippen LogP contribution in [-0.4, -0.2) is 52.5 Å². The van der Waals surface area contributed by atoms with Crippen molar-refractivity contribution in [1.29, 1.82) is 0 Å². The van der Waals surface area contributed by atoms with Crippen molar-refractivity contribution in [3.05, 3.63) is 112 Å². The van der Waals surface area contributed by atoms with E-state index in [4.69, 9.17) is 30.8 Å². The Labute approximate surface area is 267 Å². The quantitative estimate of drug-likeness (QED) is 0.170. The molecular weight excluding hydrogens is 623 g/mol. The maximum atomic E-state index is 15.7. The Morgan fingerprint density at radius 3 is 2.61 bits per heavy atom. The van der Waals surface area contributed by atoms with Crippen molar-refractivity contribution in [2.24, 2.45) is 5.41 Å². The molecule has 0 bridgehead atoms. The first kappa shape index (κ1) is 31.5. The summed E-state index contributed by atoms with van der Waals surface area (Å²) in [4.78, 5) is 20.8. The van der Waals surface area contributed by atoms with Gasteiger partial charge >= 0.3 is 5.97 Å². The van der Waals surface area contributed by atoms with Crippen LogP contribution in [0.2, 0.25) is 5.02 Å². The predicted octanol–water partition coefficient (Wildman–Crippen LogP) is 7.26. The molecule has 1 N–H and O–H groups in total. The SMILES string of the molecule is COC[C@@]1(C)COCC1n1c(Cc2cc(F)c(-c3cccc(OCc4ccc(Cl)cc4F)n3)cc2F)nc2ccc(C(=O)O)cc21. The number of fused-ring (bicyclic) bond motifs is 1. The number of methoxy groups -OCH3 is 1. The fourth-order valence-electron chi connectivity index (χ4n) is 5.83. The van der Waals surface area contributed by atoms with Crippen LogP contribution in [0.5, 0.6) is 5.88 Å². The molecule has 238 valence electrons. The number of pyridine rings is 1. The molecule has 46 heavy (non-hydrogen) atoms. The number of hydrogen-bond donors (Lipinski definition) is 1. The zero-order chi connectivity index (χ0) is 32.6. The van der Waals surface area contributed by atoms with Gasteiger partial charge in [-0.05, 0) is 54.1 Å². The first-order valence-electron chi connectivity index (χ1n) is 14.4. The molecule has 12 heteroatoms. The first-order chi connectivity index (χ1) is 22.1. The van der Waals surface area contributed by atoms with Crippen molar-refractivity contribution in [3.63, 3.8) is 0 Å². The molecule has 5 aromatic rings. The molecule has 1 saturated heterocycles. The normalized spacial score (nSPS) is 17.9. The number of hydrogen-bond acceptors (Lipinski definition) is 6. The molecule has 0 saturated carbocycles. The maximum absolute atomic E-state index is 15.7. The second-order valence-electron chi connectivity index (χ2n) is 11.5. The van der Waals surface area contributed by atoms with E-state index in [-0.39, 0.29) is 57.9 Å². The van der Waals surface area contributed by atoms with Crippen LogP contribution >= 0.6 is 11.6 Å². The number of nitrogens with zero attached hydrogens (tertiary/aromatic N) is 3. The van der Waals surface area contributed by atoms with Crippen molar-refractivity contribution in [1.82, 2.24) is 14.5 Å². The summed E-state index contributed by atoms with van der Waals surface area (Å²) < 4.78 is 64.3. The molecule has 2 aromatic heterocycles. The van der Waals surface area contributed by atoms with Crippen LogP contribution in [0.3, 0.4) is 0 Å². The third kappa shape index (κ3) is 6.18. The van der Waals surface area contributed by atoms with Gasteiger partial charge in [-0.25, -0.2) is 27.9 Å². The van der Waals surface area contributed by atoms with Crippen LogP contribution in [0.4, 0.5) is 13.2 Å². The van der Waals surface area contributed by atoms with E-state index in [1.165, 1.54) is 42.5 Å². The number of halogens is 4. The highest BCUT2D eigenvalue weighted by Crippen LogP contribution is 2.41. The van der Waals surface area contributed by atoms with Crippen LogP contribution in [0.15, 0.2) is 66.7 Å². The highest BCUT2D eigenvalue weighted by molar-refractivity contribution is 6.30. The van der Waals surface area contributed by atoms with Gasteiger partial charge in [0.2, 0.25) is 5.88 Å². The van der Waals surface area contributed by atoms with Gasteiger partial charge in [-0.15, -0.1) is 0 Å². The molecule has 6 rings (SSSR count). The minimum atomic E-state index is -1.09. The van der Waals surface area contributed by atoms with E-state index in [1.807, 2.05) is 11.5 Å². The van der Waals surface area contributed by atoms with Gasteiger partial charge in [0, 0.05) is 41.2 Å². The minimum Gasteiger partial charge on any atom is -0.478 e. The summed E-state index contributed by atoms with van der Waals surface area (Å²) in [6.07, 6.45) is -0.0804. The second-order valence-corrected chi connectivity index (χ2v) is 11.9. The van der Waals surface area contributed by atoms with Crippen LogP contribution in [0, 0.1) is 22.9 Å². The number of ether oxygens (including phenoxy) is 3. The molecule has 1 fully saturated rings. The lowest BCUT2D eigenvalue weighted by Crippen LogP contribution is -2.34. The standard InChI is InChI=1S/C34H29ClF3N3O5/c1-34(17-44-2)18-45-16-30(34)41-29-11-19(33(42)43)7-9-28(29)39-31(41)12-21-10-26(38)23(14-25(21)37)27-4-3-5-32(40-27)46-15-20-6-8-22(35)13-24(20)36/h3-11,13-14,30H,12,15-18H2,1-2H3,(H,42,43)/t30?,34-/m0/s1. The van der Waals surface area contributed by atoms with E-state index in [0.29, 0.717) is 36.7 Å². The zero-order valence-corrected chi connectivity index (χ0v) is 25.7. The number of carbonyl (C=O) groups is 1. The topological polar surface area (TPSA) is 95.7 Å². The molecule has 1 aliphatic rings. The van der Waals surface area contributed by atoms with Crippen LogP contribution in [-0.2, 0) is 22.5 Å². The van der Waals surface area contributed by atoms with E-state index < -0.39 is 28.8 Å². The Morgan fingerprint density at radius 2 is 1.85 bits per heavy atom. The molecular formula is C34H29ClF3N3O5. The fourth-order valence-corrected chi connectivity index (χ4v) is 5.99. The van der Waals surface area contributed by atoms with Crippen molar-refractivity contribution >= 4 is 28.6 Å². The summed E-state index contributed by atoms with van der Waals surface area (Å²) in [5, 5.41) is 9.89. The molecule has 0 spiro atoms. The van der Waals surface area contributed by atoms with Crippen LogP contribution in [0.25, 0.3) is 22.3 Å². The Hall–Kier alpha value is -4.45. The first-order valence-corrected chi connectivity index (χ1v) is 14.8. The number of benzene rings is 3. The Bertz CT molecular complexity index is 1950. The molecule has 0 radical (unpaired) electrons. The summed E-state index contributed by atoms with van der Waals surface area (Å²) in [5.74, 6) is -2.50. The second kappa shape index (κ2) is 12.7. The largest absolute Gasteiger partial charge is 0.478 e. The van der Waals surface area contributed by atoms with E-state index >= 15 is 8.78 Å². The van der Waals surface area contributed by atoms with E-state index in [0.717, 1.165) is 12.1 Å². The monoisotopic (exact) mass is 651 g/mol. The average molecular weight is 652 g/mol. The van der Waals surface area contributed by atoms with Gasteiger partial charge in [0.15, 0.2) is 0 Å². The zero-order valence-electron chi connectivity index (χ0n) is 24.9. The van der Waals surface area contributed by atoms with Gasteiger partial charge in [0.25, 0.3) is 0 Å². The molecule has 0 aliphatic carbocycles. The lowest BCUT2D eigenvalue weighted by Gasteiger charge is -2.31. The number of carboxylic acid groups (broad SMARTS) is 1. The smallest absolute Gasteiger partial charge is 0.335 e. The molecule has 8 nitrogen and oxygen atoms in total. The van der Waals surface area contributed by atoms with E-state index in [9.17, 15) is 14.3 Å².